The van der Waals surface area contributed by atoms with Gasteiger partial charge < -0.3 is 23.8 Å². The number of nitrogens with zero attached hydrogens (tertiary/aromatic N) is 2. The highest BCUT2D eigenvalue weighted by molar-refractivity contribution is 5.93. The topological polar surface area (TPSA) is 70.1 Å². The molecule has 1 amide bonds. The van der Waals surface area contributed by atoms with Gasteiger partial charge in [-0.05, 0) is 37.2 Å². The van der Waals surface area contributed by atoms with Gasteiger partial charge in [0.15, 0.2) is 5.60 Å². The number of ether oxygens (including phenoxy) is 4. The zero-order valence-corrected chi connectivity index (χ0v) is 18.8. The SMILES string of the molecule is COCO[C@@]1(Cc2cc(OCCCC3CC3)ccn2)C(=O)N(COC)[C@H]1CC(C)C. The van der Waals surface area contributed by atoms with Crippen molar-refractivity contribution in [2.24, 2.45) is 11.8 Å². The highest BCUT2D eigenvalue weighted by Gasteiger charge is 2.62. The van der Waals surface area contributed by atoms with Crippen LogP contribution in [0.25, 0.3) is 0 Å². The number of methoxy groups -OCH3 is 2. The van der Waals surface area contributed by atoms with E-state index in [9.17, 15) is 4.79 Å². The fourth-order valence-corrected chi connectivity index (χ4v) is 4.21. The van der Waals surface area contributed by atoms with Crippen molar-refractivity contribution in [3.05, 3.63) is 24.0 Å². The normalized spacial score (nSPS) is 23.7. The lowest BCUT2D eigenvalue weighted by atomic mass is 9.75. The fraction of sp³-hybridized carbons (Fsp3) is 0.739. The van der Waals surface area contributed by atoms with Gasteiger partial charge >= 0.3 is 0 Å². The van der Waals surface area contributed by atoms with Gasteiger partial charge in [-0.2, -0.15) is 0 Å². The van der Waals surface area contributed by atoms with Crippen molar-refractivity contribution in [3.63, 3.8) is 0 Å². The second-order valence-electron chi connectivity index (χ2n) is 8.87. The van der Waals surface area contributed by atoms with Crippen LogP contribution in [0.1, 0.15) is 51.6 Å². The lowest BCUT2D eigenvalue weighted by Crippen LogP contribution is -2.76. The van der Waals surface area contributed by atoms with E-state index in [2.05, 4.69) is 18.8 Å². The molecule has 7 nitrogen and oxygen atoms in total. The Morgan fingerprint density at radius 3 is 2.73 bits per heavy atom. The van der Waals surface area contributed by atoms with Crippen LogP contribution in [0, 0.1) is 11.8 Å². The molecule has 2 heterocycles. The van der Waals surface area contributed by atoms with Gasteiger partial charge in [-0.15, -0.1) is 0 Å². The molecule has 0 unspecified atom stereocenters. The third-order valence-electron chi connectivity index (χ3n) is 5.89. The van der Waals surface area contributed by atoms with E-state index in [0.29, 0.717) is 18.9 Å². The van der Waals surface area contributed by atoms with Crippen LogP contribution in [-0.4, -0.2) is 61.8 Å². The first-order chi connectivity index (χ1) is 14.5. The van der Waals surface area contributed by atoms with Gasteiger partial charge in [-0.3, -0.25) is 9.78 Å². The maximum Gasteiger partial charge on any atom is 0.259 e. The van der Waals surface area contributed by atoms with E-state index in [4.69, 9.17) is 18.9 Å². The number of carbonyl (C=O) groups is 1. The van der Waals surface area contributed by atoms with Gasteiger partial charge in [0.2, 0.25) is 0 Å². The zero-order valence-electron chi connectivity index (χ0n) is 18.8. The number of β-lactam (4-membered cyclic amide) rings is 1. The monoisotopic (exact) mass is 420 g/mol. The molecular formula is C23H36N2O5. The van der Waals surface area contributed by atoms with E-state index < -0.39 is 5.60 Å². The van der Waals surface area contributed by atoms with Crippen molar-refractivity contribution < 1.29 is 23.7 Å². The predicted octanol–water partition coefficient (Wildman–Crippen LogP) is 3.41. The summed E-state index contributed by atoms with van der Waals surface area (Å²) in [7, 11) is 3.16. The van der Waals surface area contributed by atoms with Crippen molar-refractivity contribution in [1.29, 1.82) is 0 Å². The molecule has 1 aromatic heterocycles. The van der Waals surface area contributed by atoms with E-state index in [1.165, 1.54) is 19.3 Å². The number of carbonyl (C=O) groups excluding carboxylic acids is 1. The maximum atomic E-state index is 13.1. The Kier molecular flexibility index (Phi) is 8.08. The number of aromatic nitrogens is 1. The number of pyridine rings is 1. The van der Waals surface area contributed by atoms with Crippen molar-refractivity contribution in [1.82, 2.24) is 9.88 Å². The minimum Gasteiger partial charge on any atom is -0.493 e. The molecule has 2 aliphatic rings. The van der Waals surface area contributed by atoms with Gasteiger partial charge in [0.05, 0.1) is 12.6 Å². The summed E-state index contributed by atoms with van der Waals surface area (Å²) in [6, 6.07) is 3.70. The average Bonchev–Trinajstić information content (AvgIpc) is 3.56. The summed E-state index contributed by atoms with van der Waals surface area (Å²) in [6.07, 6.45) is 7.99. The molecule has 1 saturated carbocycles. The minimum absolute atomic E-state index is 0.0541. The fourth-order valence-electron chi connectivity index (χ4n) is 4.21. The Hall–Kier alpha value is -1.70. The molecule has 7 heteroatoms. The van der Waals surface area contributed by atoms with Crippen LogP contribution in [0.4, 0.5) is 0 Å². The van der Waals surface area contributed by atoms with Crippen molar-refractivity contribution in [2.45, 2.75) is 64.0 Å². The van der Waals surface area contributed by atoms with Crippen LogP contribution < -0.4 is 4.74 Å². The highest BCUT2D eigenvalue weighted by Crippen LogP contribution is 2.41. The van der Waals surface area contributed by atoms with E-state index in [1.807, 2.05) is 12.1 Å². The van der Waals surface area contributed by atoms with Crippen LogP contribution in [-0.2, 0) is 25.4 Å². The second kappa shape index (κ2) is 10.6. The Morgan fingerprint density at radius 2 is 2.07 bits per heavy atom. The van der Waals surface area contributed by atoms with Crippen molar-refractivity contribution in [2.75, 3.05) is 34.4 Å². The Morgan fingerprint density at radius 1 is 1.27 bits per heavy atom. The van der Waals surface area contributed by atoms with E-state index in [0.717, 1.165) is 30.2 Å². The molecule has 0 bridgehead atoms. The molecule has 2 fully saturated rings. The maximum absolute atomic E-state index is 13.1. The molecule has 1 saturated heterocycles. The molecule has 0 radical (unpaired) electrons. The molecule has 1 aliphatic heterocycles. The van der Waals surface area contributed by atoms with E-state index >= 15 is 0 Å². The minimum atomic E-state index is -0.990. The summed E-state index contributed by atoms with van der Waals surface area (Å²) < 4.78 is 22.4. The second-order valence-corrected chi connectivity index (χ2v) is 8.87. The largest absolute Gasteiger partial charge is 0.493 e. The summed E-state index contributed by atoms with van der Waals surface area (Å²) in [5.74, 6) is 2.03. The van der Waals surface area contributed by atoms with Crippen molar-refractivity contribution in [3.8, 4) is 5.75 Å². The van der Waals surface area contributed by atoms with E-state index in [-0.39, 0.29) is 25.5 Å². The molecule has 30 heavy (non-hydrogen) atoms. The first-order valence-corrected chi connectivity index (χ1v) is 11.0. The molecule has 168 valence electrons. The van der Waals surface area contributed by atoms with Gasteiger partial charge in [-0.25, -0.2) is 0 Å². The highest BCUT2D eigenvalue weighted by atomic mass is 16.7. The number of amides is 1. The molecular weight excluding hydrogens is 384 g/mol. The molecule has 0 aromatic carbocycles. The first-order valence-electron chi connectivity index (χ1n) is 11.0. The zero-order chi connectivity index (χ0) is 21.6. The van der Waals surface area contributed by atoms with Gasteiger partial charge in [0.1, 0.15) is 19.3 Å². The first kappa shape index (κ1) is 23.0. The molecule has 2 atom stereocenters. The Bertz CT molecular complexity index is 694. The smallest absolute Gasteiger partial charge is 0.259 e. The number of hydrogen-bond donors (Lipinski definition) is 0. The Labute approximate surface area is 180 Å². The summed E-state index contributed by atoms with van der Waals surface area (Å²) >= 11 is 0. The number of hydrogen-bond acceptors (Lipinski definition) is 6. The molecule has 3 rings (SSSR count). The summed E-state index contributed by atoms with van der Waals surface area (Å²) in [5.41, 5.74) is -0.207. The molecule has 0 spiro atoms. The van der Waals surface area contributed by atoms with Crippen LogP contribution >= 0.6 is 0 Å². The third-order valence-corrected chi connectivity index (χ3v) is 5.89. The molecule has 1 aromatic rings. The quantitative estimate of drug-likeness (QED) is 0.261. The van der Waals surface area contributed by atoms with Gasteiger partial charge in [0.25, 0.3) is 5.91 Å². The Balaban J connectivity index is 1.71. The van der Waals surface area contributed by atoms with Crippen LogP contribution in [0.2, 0.25) is 0 Å². The third kappa shape index (κ3) is 5.50. The number of likely N-dealkylation sites (tertiary alicyclic amines) is 1. The predicted molar refractivity (Wildman–Crippen MR) is 113 cm³/mol. The standard InChI is InChI=1S/C23H36N2O5/c1-17(2)12-21-23(30-16-28-4,22(26)25(21)15-27-3)14-19-13-20(9-10-24-19)29-11-5-6-18-7-8-18/h9-10,13,17-18,21H,5-8,11-12,14-16H2,1-4H3/t21-,23+/m0/s1. The van der Waals surface area contributed by atoms with E-state index in [1.54, 1.807) is 25.3 Å². The summed E-state index contributed by atoms with van der Waals surface area (Å²) in [4.78, 5) is 19.4. The van der Waals surface area contributed by atoms with Crippen LogP contribution in [0.3, 0.4) is 0 Å². The number of rotatable bonds is 14. The summed E-state index contributed by atoms with van der Waals surface area (Å²) in [6.45, 7) is 5.30. The van der Waals surface area contributed by atoms with Gasteiger partial charge in [-0.1, -0.05) is 26.7 Å². The van der Waals surface area contributed by atoms with Crippen molar-refractivity contribution >= 4 is 5.91 Å². The lowest BCUT2D eigenvalue weighted by molar-refractivity contribution is -0.235. The lowest BCUT2D eigenvalue weighted by Gasteiger charge is -2.55. The average molecular weight is 421 g/mol. The van der Waals surface area contributed by atoms with Crippen LogP contribution in [0.5, 0.6) is 5.75 Å². The molecule has 1 aliphatic carbocycles. The summed E-state index contributed by atoms with van der Waals surface area (Å²) in [5, 5.41) is 0. The van der Waals surface area contributed by atoms with Crippen LogP contribution in [0.15, 0.2) is 18.3 Å². The molecule has 0 N–H and O–H groups in total. The van der Waals surface area contributed by atoms with Gasteiger partial charge in [0, 0.05) is 38.6 Å².